The molecule has 1 saturated carbocycles. The van der Waals surface area contributed by atoms with Crippen LogP contribution in [0.25, 0.3) is 21.6 Å². The van der Waals surface area contributed by atoms with Crippen molar-refractivity contribution in [2.24, 2.45) is 5.73 Å². The van der Waals surface area contributed by atoms with E-state index in [1.807, 2.05) is 30.5 Å². The summed E-state index contributed by atoms with van der Waals surface area (Å²) in [4.78, 5) is 45.2. The minimum absolute atomic E-state index is 0.128. The Hall–Kier alpha value is -5.05. The number of carbonyl (C=O) groups is 3. The number of carbonyl (C=O) groups excluding carboxylic acids is 2. The minimum Gasteiger partial charge on any atom is -0.493 e. The average Bonchev–Trinajstić information content (AvgIpc) is 3.46. The molecule has 0 radical (unpaired) electrons. The molecule has 6 rings (SSSR count). The number of nitrogens with zero attached hydrogens (tertiary/aromatic N) is 2. The maximum atomic E-state index is 14.0. The number of nitriles is 1. The summed E-state index contributed by atoms with van der Waals surface area (Å²) in [6.45, 7) is 2.65. The molecule has 4 aromatic rings. The number of aromatic nitrogens is 1. The molecular weight excluding hydrogens is 602 g/mol. The van der Waals surface area contributed by atoms with Crippen LogP contribution >= 0.6 is 11.3 Å². The molecule has 0 bridgehead atoms. The first-order valence-electron chi connectivity index (χ1n) is 15.2. The zero-order chi connectivity index (χ0) is 32.4. The number of carboxylic acid groups (broad SMARTS) is 1. The lowest BCUT2D eigenvalue weighted by atomic mass is 9.83. The second-order valence-corrected chi connectivity index (χ2v) is 12.6. The van der Waals surface area contributed by atoms with Crippen molar-refractivity contribution in [3.63, 3.8) is 0 Å². The van der Waals surface area contributed by atoms with E-state index < -0.39 is 29.0 Å². The van der Waals surface area contributed by atoms with Gasteiger partial charge in [-0.15, -0.1) is 11.3 Å². The predicted molar refractivity (Wildman–Crippen MR) is 175 cm³/mol. The van der Waals surface area contributed by atoms with Crippen LogP contribution in [0.2, 0.25) is 0 Å². The summed E-state index contributed by atoms with van der Waals surface area (Å²) >= 11 is 1.55. The van der Waals surface area contributed by atoms with Gasteiger partial charge in [-0.25, -0.2) is 9.78 Å². The van der Waals surface area contributed by atoms with Crippen molar-refractivity contribution in [2.75, 3.05) is 11.9 Å². The first kappa shape index (κ1) is 31.0. The molecule has 1 aliphatic heterocycles. The molecule has 2 amide bonds. The van der Waals surface area contributed by atoms with Gasteiger partial charge in [-0.1, -0.05) is 31.4 Å². The van der Waals surface area contributed by atoms with E-state index in [9.17, 15) is 24.8 Å². The number of pyridine rings is 1. The molecular formula is C35H33N5O5S. The number of nitrogens with one attached hydrogen (secondary N) is 2. The van der Waals surface area contributed by atoms with Crippen LogP contribution in [0.4, 0.5) is 5.69 Å². The van der Waals surface area contributed by atoms with Crippen LogP contribution in [0.3, 0.4) is 0 Å². The standard InChI is InChI=1S/C35H33N5O5S/c1-20-15-21(18-36)5-7-27(20)39-32(41)25-16-26-29(45-13-9-22-10-14-46-31(22)26)17-24(25)23-6-8-28(38-30(23)34(43)44)33(42)40-35(19-37)11-3-2-4-12-35/h5-8,10,14-17H,2-4,9,11-13,18,36H2,1H3,(H,39,41)(H,40,42)(H,43,44). The number of fused-ring (bicyclic) bond motifs is 3. The fraction of sp³-hybridized carbons (Fsp3) is 0.286. The maximum Gasteiger partial charge on any atom is 0.355 e. The third-order valence-electron chi connectivity index (χ3n) is 8.65. The molecule has 0 atom stereocenters. The second kappa shape index (κ2) is 12.7. The number of rotatable bonds is 7. The van der Waals surface area contributed by atoms with Gasteiger partial charge in [-0.05, 0) is 78.2 Å². The lowest BCUT2D eigenvalue weighted by molar-refractivity contribution is 0.0691. The van der Waals surface area contributed by atoms with Crippen molar-refractivity contribution in [3.05, 3.63) is 87.6 Å². The number of benzene rings is 2. The fourth-order valence-electron chi connectivity index (χ4n) is 6.18. The quantitative estimate of drug-likeness (QED) is 0.189. The highest BCUT2D eigenvalue weighted by molar-refractivity contribution is 7.13. The van der Waals surface area contributed by atoms with Crippen molar-refractivity contribution in [1.82, 2.24) is 10.3 Å². The Morgan fingerprint density at radius 3 is 2.57 bits per heavy atom. The van der Waals surface area contributed by atoms with Gasteiger partial charge in [-0.2, -0.15) is 5.26 Å². The third kappa shape index (κ3) is 5.97. The molecule has 1 fully saturated rings. The normalized spacial score (nSPS) is 14.9. The Bertz CT molecular complexity index is 1900. The SMILES string of the molecule is Cc1cc(CN)ccc1NC(=O)c1cc2c(cc1-c1ccc(C(=O)NC3(C#N)CCCCC3)nc1C(=O)O)OCCc1ccsc1-2. The van der Waals surface area contributed by atoms with E-state index in [2.05, 4.69) is 21.7 Å². The van der Waals surface area contributed by atoms with Gasteiger partial charge < -0.3 is 26.2 Å². The largest absolute Gasteiger partial charge is 0.493 e. The summed E-state index contributed by atoms with van der Waals surface area (Å²) in [5.41, 5.74) is 9.10. The molecule has 46 heavy (non-hydrogen) atoms. The van der Waals surface area contributed by atoms with Crippen LogP contribution in [0.15, 0.2) is 53.9 Å². The highest BCUT2D eigenvalue weighted by atomic mass is 32.1. The molecule has 2 aliphatic rings. The van der Waals surface area contributed by atoms with E-state index in [-0.39, 0.29) is 16.8 Å². The Morgan fingerprint density at radius 2 is 1.85 bits per heavy atom. The lowest BCUT2D eigenvalue weighted by Crippen LogP contribution is -2.48. The molecule has 5 N–H and O–H groups in total. The molecule has 0 spiro atoms. The Balaban J connectivity index is 1.45. The number of nitrogens with two attached hydrogens (primary N) is 1. The summed E-state index contributed by atoms with van der Waals surface area (Å²) in [5.74, 6) is -1.92. The van der Waals surface area contributed by atoms with Gasteiger partial charge in [0.2, 0.25) is 0 Å². The Morgan fingerprint density at radius 1 is 1.04 bits per heavy atom. The van der Waals surface area contributed by atoms with E-state index >= 15 is 0 Å². The van der Waals surface area contributed by atoms with Crippen LogP contribution < -0.4 is 21.1 Å². The second-order valence-electron chi connectivity index (χ2n) is 11.7. The molecule has 3 heterocycles. The Labute approximate surface area is 270 Å². The number of carboxylic acids is 1. The van der Waals surface area contributed by atoms with E-state index in [4.69, 9.17) is 10.5 Å². The van der Waals surface area contributed by atoms with Gasteiger partial charge in [-0.3, -0.25) is 9.59 Å². The highest BCUT2D eigenvalue weighted by Gasteiger charge is 2.35. The monoisotopic (exact) mass is 635 g/mol. The van der Waals surface area contributed by atoms with Gasteiger partial charge in [0.05, 0.1) is 12.7 Å². The summed E-state index contributed by atoms with van der Waals surface area (Å²) < 4.78 is 6.12. The molecule has 234 valence electrons. The number of amides is 2. The summed E-state index contributed by atoms with van der Waals surface area (Å²) in [6.07, 6.45) is 4.35. The zero-order valence-electron chi connectivity index (χ0n) is 25.3. The van der Waals surface area contributed by atoms with Gasteiger partial charge in [0.25, 0.3) is 11.8 Å². The third-order valence-corrected chi connectivity index (χ3v) is 9.64. The highest BCUT2D eigenvalue weighted by Crippen LogP contribution is 2.43. The Kier molecular flexibility index (Phi) is 8.58. The molecule has 0 unspecified atom stereocenters. The van der Waals surface area contributed by atoms with Crippen LogP contribution in [-0.4, -0.2) is 40.0 Å². The van der Waals surface area contributed by atoms with E-state index in [1.165, 1.54) is 12.1 Å². The van der Waals surface area contributed by atoms with Gasteiger partial charge in [0, 0.05) is 45.8 Å². The van der Waals surface area contributed by atoms with Crippen molar-refractivity contribution >= 4 is 34.8 Å². The van der Waals surface area contributed by atoms with E-state index in [0.29, 0.717) is 49.4 Å². The van der Waals surface area contributed by atoms with Crippen LogP contribution in [0, 0.1) is 18.3 Å². The molecule has 2 aromatic carbocycles. The fourth-order valence-corrected chi connectivity index (χ4v) is 7.15. The summed E-state index contributed by atoms with van der Waals surface area (Å²) in [5, 5.41) is 27.9. The lowest BCUT2D eigenvalue weighted by Gasteiger charge is -2.31. The van der Waals surface area contributed by atoms with E-state index in [0.717, 1.165) is 46.4 Å². The van der Waals surface area contributed by atoms with Crippen molar-refractivity contribution < 1.29 is 24.2 Å². The summed E-state index contributed by atoms with van der Waals surface area (Å²) in [6, 6.07) is 16.1. The van der Waals surface area contributed by atoms with E-state index in [1.54, 1.807) is 29.5 Å². The zero-order valence-corrected chi connectivity index (χ0v) is 26.1. The number of hydrogen-bond acceptors (Lipinski definition) is 8. The first-order valence-corrected chi connectivity index (χ1v) is 16.1. The first-order chi connectivity index (χ1) is 22.2. The smallest absolute Gasteiger partial charge is 0.355 e. The average molecular weight is 636 g/mol. The molecule has 2 aromatic heterocycles. The van der Waals surface area contributed by atoms with Crippen molar-refractivity contribution in [2.45, 2.75) is 57.5 Å². The predicted octanol–water partition coefficient (Wildman–Crippen LogP) is 6.09. The maximum absolute atomic E-state index is 14.0. The minimum atomic E-state index is -1.37. The molecule has 0 saturated heterocycles. The number of aromatic carboxylic acids is 1. The van der Waals surface area contributed by atoms with Gasteiger partial charge in [0.1, 0.15) is 17.0 Å². The molecule has 11 heteroatoms. The number of hydrogen-bond donors (Lipinski definition) is 4. The molecule has 10 nitrogen and oxygen atoms in total. The van der Waals surface area contributed by atoms with Crippen molar-refractivity contribution in [3.8, 4) is 33.4 Å². The molecule has 1 aliphatic carbocycles. The topological polar surface area (TPSA) is 167 Å². The number of thiophene rings is 1. The number of aryl methyl sites for hydroxylation is 1. The van der Waals surface area contributed by atoms with Crippen molar-refractivity contribution in [1.29, 1.82) is 5.26 Å². The summed E-state index contributed by atoms with van der Waals surface area (Å²) in [7, 11) is 0. The van der Waals surface area contributed by atoms with Crippen LogP contribution in [0.5, 0.6) is 5.75 Å². The number of ether oxygens (including phenoxy) is 1. The van der Waals surface area contributed by atoms with Gasteiger partial charge >= 0.3 is 5.97 Å². The van der Waals surface area contributed by atoms with Crippen LogP contribution in [0.1, 0.15) is 80.1 Å². The van der Waals surface area contributed by atoms with Crippen LogP contribution in [-0.2, 0) is 13.0 Å². The van der Waals surface area contributed by atoms with Gasteiger partial charge in [0.15, 0.2) is 5.69 Å². The number of anilines is 1.